The SMILES string of the molecule is C=C(C=O)OCc1ccccc1. The number of aldehydes is 1. The molecule has 0 fully saturated rings. The number of ether oxygens (including phenoxy) is 1. The predicted molar refractivity (Wildman–Crippen MR) is 46.4 cm³/mol. The third-order valence-electron chi connectivity index (χ3n) is 1.40. The molecule has 0 amide bonds. The summed E-state index contributed by atoms with van der Waals surface area (Å²) in [5.74, 6) is 0.166. The van der Waals surface area contributed by atoms with Crippen LogP contribution in [0.25, 0.3) is 0 Å². The van der Waals surface area contributed by atoms with Gasteiger partial charge in [0.15, 0.2) is 12.0 Å². The molecule has 2 heteroatoms. The zero-order valence-electron chi connectivity index (χ0n) is 6.69. The van der Waals surface area contributed by atoms with Crippen LogP contribution in [0.2, 0.25) is 0 Å². The van der Waals surface area contributed by atoms with E-state index in [1.165, 1.54) is 0 Å². The van der Waals surface area contributed by atoms with Crippen LogP contribution in [-0.4, -0.2) is 6.29 Å². The standard InChI is InChI=1S/C10H10O2/c1-9(7-11)12-8-10-5-3-2-4-6-10/h2-7H,1,8H2. The van der Waals surface area contributed by atoms with Crippen molar-refractivity contribution >= 4 is 6.29 Å². The average molecular weight is 162 g/mol. The topological polar surface area (TPSA) is 26.3 Å². The summed E-state index contributed by atoms with van der Waals surface area (Å²) in [6.45, 7) is 3.80. The lowest BCUT2D eigenvalue weighted by molar-refractivity contribution is -0.107. The Kier molecular flexibility index (Phi) is 3.08. The van der Waals surface area contributed by atoms with Gasteiger partial charge >= 0.3 is 0 Å². The van der Waals surface area contributed by atoms with E-state index in [9.17, 15) is 4.79 Å². The van der Waals surface area contributed by atoms with Crippen LogP contribution < -0.4 is 0 Å². The van der Waals surface area contributed by atoms with E-state index in [2.05, 4.69) is 6.58 Å². The van der Waals surface area contributed by atoms with Crippen molar-refractivity contribution in [3.8, 4) is 0 Å². The van der Waals surface area contributed by atoms with Crippen LogP contribution in [0.3, 0.4) is 0 Å². The summed E-state index contributed by atoms with van der Waals surface area (Å²) >= 11 is 0. The minimum Gasteiger partial charge on any atom is -0.486 e. The van der Waals surface area contributed by atoms with Gasteiger partial charge < -0.3 is 4.74 Å². The molecule has 1 rings (SSSR count). The van der Waals surface area contributed by atoms with Crippen molar-refractivity contribution in [3.05, 3.63) is 48.2 Å². The molecule has 0 aliphatic rings. The van der Waals surface area contributed by atoms with Gasteiger partial charge in [0.2, 0.25) is 0 Å². The van der Waals surface area contributed by atoms with E-state index in [4.69, 9.17) is 4.74 Å². The van der Waals surface area contributed by atoms with Crippen LogP contribution in [0.4, 0.5) is 0 Å². The zero-order chi connectivity index (χ0) is 8.81. The van der Waals surface area contributed by atoms with Crippen molar-refractivity contribution < 1.29 is 9.53 Å². The Hall–Kier alpha value is -1.57. The van der Waals surface area contributed by atoms with Gasteiger partial charge in [-0.3, -0.25) is 4.79 Å². The van der Waals surface area contributed by atoms with Crippen LogP contribution in [0.5, 0.6) is 0 Å². The van der Waals surface area contributed by atoms with Gasteiger partial charge in [-0.05, 0) is 5.56 Å². The third-order valence-corrected chi connectivity index (χ3v) is 1.40. The van der Waals surface area contributed by atoms with Crippen molar-refractivity contribution in [2.45, 2.75) is 6.61 Å². The van der Waals surface area contributed by atoms with E-state index in [0.29, 0.717) is 12.9 Å². The summed E-state index contributed by atoms with van der Waals surface area (Å²) in [5.41, 5.74) is 1.03. The van der Waals surface area contributed by atoms with Crippen LogP contribution in [-0.2, 0) is 16.1 Å². The summed E-state index contributed by atoms with van der Waals surface area (Å²) in [6.07, 6.45) is 0.600. The highest BCUT2D eigenvalue weighted by atomic mass is 16.5. The molecule has 0 spiro atoms. The molecule has 0 atom stereocenters. The highest BCUT2D eigenvalue weighted by Gasteiger charge is 1.92. The van der Waals surface area contributed by atoms with Gasteiger partial charge in [0.05, 0.1) is 0 Å². The van der Waals surface area contributed by atoms with Crippen molar-refractivity contribution in [2.24, 2.45) is 0 Å². The van der Waals surface area contributed by atoms with Crippen molar-refractivity contribution in [1.82, 2.24) is 0 Å². The minimum absolute atomic E-state index is 0.166. The molecule has 0 radical (unpaired) electrons. The lowest BCUT2D eigenvalue weighted by Gasteiger charge is -2.02. The average Bonchev–Trinajstić information content (AvgIpc) is 2.16. The number of allylic oxidation sites excluding steroid dienone is 1. The molecule has 2 nitrogen and oxygen atoms in total. The van der Waals surface area contributed by atoms with Crippen LogP contribution in [0, 0.1) is 0 Å². The van der Waals surface area contributed by atoms with Gasteiger partial charge in [-0.1, -0.05) is 36.9 Å². The van der Waals surface area contributed by atoms with Crippen LogP contribution in [0.15, 0.2) is 42.7 Å². The Morgan fingerprint density at radius 3 is 2.67 bits per heavy atom. The van der Waals surface area contributed by atoms with E-state index in [1.54, 1.807) is 0 Å². The molecular formula is C10H10O2. The number of rotatable bonds is 4. The second kappa shape index (κ2) is 4.34. The first kappa shape index (κ1) is 8.53. The molecule has 0 N–H and O–H groups in total. The molecule has 0 aliphatic carbocycles. The number of hydrogen-bond acceptors (Lipinski definition) is 2. The quantitative estimate of drug-likeness (QED) is 0.384. The number of carbonyl (C=O) groups excluding carboxylic acids is 1. The van der Waals surface area contributed by atoms with E-state index >= 15 is 0 Å². The lowest BCUT2D eigenvalue weighted by Crippen LogP contribution is -1.92. The number of carbonyl (C=O) groups is 1. The second-order valence-corrected chi connectivity index (χ2v) is 2.36. The van der Waals surface area contributed by atoms with E-state index in [0.717, 1.165) is 5.56 Å². The molecule has 0 aromatic heterocycles. The molecule has 1 aromatic carbocycles. The summed E-state index contributed by atoms with van der Waals surface area (Å²) < 4.78 is 5.01. The molecule has 62 valence electrons. The molecule has 0 aliphatic heterocycles. The Morgan fingerprint density at radius 1 is 1.42 bits per heavy atom. The highest BCUT2D eigenvalue weighted by molar-refractivity contribution is 5.68. The maximum absolute atomic E-state index is 10.1. The van der Waals surface area contributed by atoms with Crippen molar-refractivity contribution in [1.29, 1.82) is 0 Å². The van der Waals surface area contributed by atoms with E-state index in [1.807, 2.05) is 30.3 Å². The van der Waals surface area contributed by atoms with Gasteiger partial charge in [0.1, 0.15) is 6.61 Å². The Balaban J connectivity index is 2.43. The molecular weight excluding hydrogens is 152 g/mol. The normalized spacial score (nSPS) is 9.00. The monoisotopic (exact) mass is 162 g/mol. The summed E-state index contributed by atoms with van der Waals surface area (Å²) in [5, 5.41) is 0. The zero-order valence-corrected chi connectivity index (χ0v) is 6.69. The maximum atomic E-state index is 10.1. The molecule has 12 heavy (non-hydrogen) atoms. The van der Waals surface area contributed by atoms with E-state index in [-0.39, 0.29) is 5.76 Å². The predicted octanol–water partition coefficient (Wildman–Crippen LogP) is 1.92. The minimum atomic E-state index is 0.166. The Labute approximate surface area is 71.5 Å². The molecule has 1 aromatic rings. The number of hydrogen-bond donors (Lipinski definition) is 0. The first-order valence-electron chi connectivity index (χ1n) is 3.63. The van der Waals surface area contributed by atoms with Crippen LogP contribution in [0.1, 0.15) is 5.56 Å². The Morgan fingerprint density at radius 2 is 2.08 bits per heavy atom. The largest absolute Gasteiger partial charge is 0.486 e. The summed E-state index contributed by atoms with van der Waals surface area (Å²) in [6, 6.07) is 9.62. The van der Waals surface area contributed by atoms with Crippen molar-refractivity contribution in [3.63, 3.8) is 0 Å². The van der Waals surface area contributed by atoms with Crippen molar-refractivity contribution in [2.75, 3.05) is 0 Å². The first-order valence-corrected chi connectivity index (χ1v) is 3.63. The summed E-state index contributed by atoms with van der Waals surface area (Å²) in [4.78, 5) is 10.1. The fourth-order valence-corrected chi connectivity index (χ4v) is 0.784. The van der Waals surface area contributed by atoms with Gasteiger partial charge in [-0.2, -0.15) is 0 Å². The van der Waals surface area contributed by atoms with Gasteiger partial charge in [-0.25, -0.2) is 0 Å². The molecule has 0 unspecified atom stereocenters. The Bertz CT molecular complexity index is 264. The fourth-order valence-electron chi connectivity index (χ4n) is 0.784. The third kappa shape index (κ3) is 2.58. The van der Waals surface area contributed by atoms with Gasteiger partial charge in [-0.15, -0.1) is 0 Å². The number of benzene rings is 1. The van der Waals surface area contributed by atoms with E-state index < -0.39 is 0 Å². The van der Waals surface area contributed by atoms with Gasteiger partial charge in [0, 0.05) is 0 Å². The highest BCUT2D eigenvalue weighted by Crippen LogP contribution is 2.02. The van der Waals surface area contributed by atoms with Gasteiger partial charge in [0.25, 0.3) is 0 Å². The second-order valence-electron chi connectivity index (χ2n) is 2.36. The lowest BCUT2D eigenvalue weighted by atomic mass is 10.2. The molecule has 0 heterocycles. The molecule has 0 saturated carbocycles. The summed E-state index contributed by atoms with van der Waals surface area (Å²) in [7, 11) is 0. The fraction of sp³-hybridized carbons (Fsp3) is 0.100. The first-order chi connectivity index (χ1) is 5.83. The molecule has 0 bridgehead atoms. The van der Waals surface area contributed by atoms with Crippen LogP contribution >= 0.6 is 0 Å². The smallest absolute Gasteiger partial charge is 0.184 e. The molecule has 0 saturated heterocycles. The maximum Gasteiger partial charge on any atom is 0.184 e.